The normalized spacial score (nSPS) is 10.3. The Bertz CT molecular complexity index is 529. The fourth-order valence-electron chi connectivity index (χ4n) is 1.14. The summed E-state index contributed by atoms with van der Waals surface area (Å²) in [6.45, 7) is 1.80. The number of nitrogens with two attached hydrogens (primary N) is 1. The third kappa shape index (κ3) is 5.21. The Morgan fingerprint density at radius 3 is 2.63 bits per heavy atom. The van der Waals surface area contributed by atoms with Gasteiger partial charge in [0.2, 0.25) is 0 Å². The molecule has 0 aliphatic carbocycles. The molecular weight excluding hydrogens is 263 g/mol. The Kier molecular flexibility index (Phi) is 4.64. The zero-order valence-electron chi connectivity index (χ0n) is 9.88. The van der Waals surface area contributed by atoms with Crippen LogP contribution in [0.2, 0.25) is 0 Å². The molecule has 1 aromatic carbocycles. The lowest BCUT2D eigenvalue weighted by Gasteiger charge is -2.09. The number of rotatable bonds is 2. The van der Waals surface area contributed by atoms with E-state index in [0.29, 0.717) is 0 Å². The minimum atomic E-state index is -4.79. The molecule has 1 aromatic rings. The number of hydrogen-bond donors (Lipinski definition) is 1. The lowest BCUT2D eigenvalue weighted by atomic mass is 10.2. The molecule has 0 saturated carbocycles. The van der Waals surface area contributed by atoms with Crippen LogP contribution in [0, 0.1) is 11.8 Å². The van der Waals surface area contributed by atoms with Gasteiger partial charge in [-0.3, -0.25) is 0 Å². The van der Waals surface area contributed by atoms with Crippen LogP contribution in [0.5, 0.6) is 5.75 Å². The highest BCUT2D eigenvalue weighted by atomic mass is 19.4. The Labute approximate surface area is 107 Å². The van der Waals surface area contributed by atoms with Gasteiger partial charge in [-0.1, -0.05) is 5.92 Å². The summed E-state index contributed by atoms with van der Waals surface area (Å²) in [5.74, 6) is 3.36. The summed E-state index contributed by atoms with van der Waals surface area (Å²) in [5.41, 5.74) is 5.68. The van der Waals surface area contributed by atoms with Crippen molar-refractivity contribution in [2.24, 2.45) is 0 Å². The number of ether oxygens (including phenoxy) is 2. The Balaban J connectivity index is 2.86. The van der Waals surface area contributed by atoms with Crippen molar-refractivity contribution in [1.82, 2.24) is 0 Å². The van der Waals surface area contributed by atoms with E-state index in [9.17, 15) is 18.0 Å². The van der Waals surface area contributed by atoms with Crippen LogP contribution >= 0.6 is 0 Å². The van der Waals surface area contributed by atoms with Gasteiger partial charge in [0.1, 0.15) is 5.75 Å². The Hall–Kier alpha value is -2.36. The minimum absolute atomic E-state index is 0.0291. The van der Waals surface area contributed by atoms with Crippen molar-refractivity contribution in [1.29, 1.82) is 0 Å². The average Bonchev–Trinajstić information content (AvgIpc) is 2.26. The number of carbonyl (C=O) groups excluding carboxylic acids is 1. The van der Waals surface area contributed by atoms with E-state index in [4.69, 9.17) is 5.73 Å². The first-order valence-corrected chi connectivity index (χ1v) is 5.16. The van der Waals surface area contributed by atoms with Gasteiger partial charge >= 0.3 is 12.3 Å². The molecule has 1 rings (SSSR count). The third-order valence-electron chi connectivity index (χ3n) is 1.83. The van der Waals surface area contributed by atoms with Crippen LogP contribution in [0.25, 0.3) is 0 Å². The van der Waals surface area contributed by atoms with Gasteiger partial charge in [0.25, 0.3) is 0 Å². The zero-order valence-corrected chi connectivity index (χ0v) is 9.88. The molecular formula is C12H10F3NO3. The quantitative estimate of drug-likeness (QED) is 0.509. The summed E-state index contributed by atoms with van der Waals surface area (Å²) >= 11 is 0. The molecule has 0 aliphatic heterocycles. The smallest absolute Gasteiger partial charge is 0.456 e. The lowest BCUT2D eigenvalue weighted by molar-refractivity contribution is -0.274. The summed E-state index contributed by atoms with van der Waals surface area (Å²) in [5, 5.41) is 0. The third-order valence-corrected chi connectivity index (χ3v) is 1.83. The fourth-order valence-corrected chi connectivity index (χ4v) is 1.14. The largest absolute Gasteiger partial charge is 0.573 e. The highest BCUT2D eigenvalue weighted by Gasteiger charge is 2.31. The summed E-state index contributed by atoms with van der Waals surface area (Å²) in [4.78, 5) is 11.0. The van der Waals surface area contributed by atoms with Crippen LogP contribution in [0.1, 0.15) is 12.5 Å². The number of alkyl halides is 3. The topological polar surface area (TPSA) is 61.5 Å². The number of halogens is 3. The SMILES string of the molecule is CCOC(=O)C#Cc1ccc(OC(F)(F)F)cc1N. The van der Waals surface area contributed by atoms with Gasteiger partial charge in [0, 0.05) is 17.6 Å². The van der Waals surface area contributed by atoms with Gasteiger partial charge in [-0.05, 0) is 19.1 Å². The van der Waals surface area contributed by atoms with Crippen LogP contribution < -0.4 is 10.5 Å². The molecule has 0 spiro atoms. The standard InChI is InChI=1S/C12H10F3NO3/c1-2-18-11(17)6-4-8-3-5-9(7-10(8)16)19-12(13,14)15/h3,5,7H,2,16H2,1H3. The van der Waals surface area contributed by atoms with Crippen molar-refractivity contribution in [3.8, 4) is 17.6 Å². The molecule has 0 radical (unpaired) electrons. The number of anilines is 1. The van der Waals surface area contributed by atoms with E-state index in [1.807, 2.05) is 0 Å². The van der Waals surface area contributed by atoms with E-state index >= 15 is 0 Å². The molecule has 0 amide bonds. The highest BCUT2D eigenvalue weighted by molar-refractivity contribution is 5.89. The first-order chi connectivity index (χ1) is 8.81. The van der Waals surface area contributed by atoms with Gasteiger partial charge < -0.3 is 15.2 Å². The van der Waals surface area contributed by atoms with Crippen LogP contribution in [0.3, 0.4) is 0 Å². The second-order valence-electron chi connectivity index (χ2n) is 3.27. The van der Waals surface area contributed by atoms with Crippen LogP contribution in [0.15, 0.2) is 18.2 Å². The molecule has 2 N–H and O–H groups in total. The molecule has 0 heterocycles. The minimum Gasteiger partial charge on any atom is -0.456 e. The first-order valence-electron chi connectivity index (χ1n) is 5.16. The number of benzene rings is 1. The molecule has 0 unspecified atom stereocenters. The number of hydrogen-bond acceptors (Lipinski definition) is 4. The van der Waals surface area contributed by atoms with Gasteiger partial charge in [-0.15, -0.1) is 13.2 Å². The molecule has 0 atom stereocenters. The monoisotopic (exact) mass is 273 g/mol. The molecule has 19 heavy (non-hydrogen) atoms. The number of nitrogen functional groups attached to an aromatic ring is 1. The van der Waals surface area contributed by atoms with Crippen molar-refractivity contribution in [3.05, 3.63) is 23.8 Å². The van der Waals surface area contributed by atoms with Crippen LogP contribution in [0.4, 0.5) is 18.9 Å². The van der Waals surface area contributed by atoms with Crippen LogP contribution in [-0.4, -0.2) is 18.9 Å². The summed E-state index contributed by atoms with van der Waals surface area (Å²) in [6.07, 6.45) is -4.79. The van der Waals surface area contributed by atoms with Crippen molar-refractivity contribution >= 4 is 11.7 Å². The molecule has 7 heteroatoms. The van der Waals surface area contributed by atoms with E-state index in [2.05, 4.69) is 21.3 Å². The first kappa shape index (κ1) is 14.7. The van der Waals surface area contributed by atoms with E-state index in [-0.39, 0.29) is 17.9 Å². The molecule has 4 nitrogen and oxygen atoms in total. The average molecular weight is 273 g/mol. The number of carbonyl (C=O) groups is 1. The maximum absolute atomic E-state index is 12.0. The van der Waals surface area contributed by atoms with Crippen molar-refractivity contribution in [3.63, 3.8) is 0 Å². The second kappa shape index (κ2) is 6.00. The van der Waals surface area contributed by atoms with Gasteiger partial charge in [-0.2, -0.15) is 0 Å². The molecule has 0 bridgehead atoms. The van der Waals surface area contributed by atoms with E-state index < -0.39 is 18.1 Å². The lowest BCUT2D eigenvalue weighted by Crippen LogP contribution is -2.17. The van der Waals surface area contributed by atoms with E-state index in [1.54, 1.807) is 6.92 Å². The zero-order chi connectivity index (χ0) is 14.5. The maximum atomic E-state index is 12.0. The second-order valence-corrected chi connectivity index (χ2v) is 3.27. The van der Waals surface area contributed by atoms with Gasteiger partial charge in [0.15, 0.2) is 0 Å². The number of esters is 1. The predicted molar refractivity (Wildman–Crippen MR) is 61.0 cm³/mol. The van der Waals surface area contributed by atoms with Crippen molar-refractivity contribution < 1.29 is 27.4 Å². The van der Waals surface area contributed by atoms with Gasteiger partial charge in [-0.25, -0.2) is 4.79 Å². The molecule has 0 fully saturated rings. The van der Waals surface area contributed by atoms with E-state index in [1.165, 1.54) is 6.07 Å². The molecule has 0 aromatic heterocycles. The Morgan fingerprint density at radius 1 is 1.42 bits per heavy atom. The van der Waals surface area contributed by atoms with Crippen LogP contribution in [-0.2, 0) is 9.53 Å². The molecule has 102 valence electrons. The van der Waals surface area contributed by atoms with Gasteiger partial charge in [0.05, 0.1) is 12.3 Å². The fraction of sp³-hybridized carbons (Fsp3) is 0.250. The molecule has 0 saturated heterocycles. The maximum Gasteiger partial charge on any atom is 0.573 e. The highest BCUT2D eigenvalue weighted by Crippen LogP contribution is 2.25. The Morgan fingerprint density at radius 2 is 2.11 bits per heavy atom. The molecule has 0 aliphatic rings. The predicted octanol–water partition coefficient (Wildman–Crippen LogP) is 2.08. The summed E-state index contributed by atoms with van der Waals surface area (Å²) in [7, 11) is 0. The van der Waals surface area contributed by atoms with Crippen molar-refractivity contribution in [2.45, 2.75) is 13.3 Å². The summed E-state index contributed by atoms with van der Waals surface area (Å²) in [6, 6.07) is 3.25. The summed E-state index contributed by atoms with van der Waals surface area (Å²) < 4.78 is 44.1. The van der Waals surface area contributed by atoms with Crippen molar-refractivity contribution in [2.75, 3.05) is 12.3 Å². The van der Waals surface area contributed by atoms with E-state index in [0.717, 1.165) is 12.1 Å².